The Morgan fingerprint density at radius 2 is 2.16 bits per heavy atom. The van der Waals surface area contributed by atoms with E-state index < -0.39 is 5.60 Å². The maximum atomic E-state index is 11.9. The van der Waals surface area contributed by atoms with Gasteiger partial charge in [0.05, 0.1) is 10.2 Å². The number of aromatic nitrogens is 1. The van der Waals surface area contributed by atoms with Crippen LogP contribution in [0.2, 0.25) is 0 Å². The van der Waals surface area contributed by atoms with Crippen LogP contribution in [0.15, 0.2) is 23.7 Å². The Labute approximate surface area is 154 Å². The third-order valence-corrected chi connectivity index (χ3v) is 4.69. The minimum absolute atomic E-state index is 0.163. The van der Waals surface area contributed by atoms with Crippen LogP contribution in [0.3, 0.4) is 0 Å². The van der Waals surface area contributed by atoms with Gasteiger partial charge in [-0.3, -0.25) is 4.98 Å². The summed E-state index contributed by atoms with van der Waals surface area (Å²) < 4.78 is 6.51. The monoisotopic (exact) mass is 363 g/mol. The number of rotatable bonds is 7. The Balaban J connectivity index is 1.93. The Morgan fingerprint density at radius 3 is 2.84 bits per heavy atom. The average molecular weight is 364 g/mol. The molecular weight excluding hydrogens is 334 g/mol. The molecule has 0 aliphatic rings. The third kappa shape index (κ3) is 6.29. The molecular formula is C19H29N3O2S. The first-order valence-corrected chi connectivity index (χ1v) is 9.72. The number of amides is 1. The summed E-state index contributed by atoms with van der Waals surface area (Å²) in [7, 11) is 0. The molecule has 2 heterocycles. The van der Waals surface area contributed by atoms with Crippen LogP contribution in [0.1, 0.15) is 59.1 Å². The number of pyridine rings is 1. The van der Waals surface area contributed by atoms with Crippen molar-refractivity contribution in [2.24, 2.45) is 0 Å². The lowest BCUT2D eigenvalue weighted by atomic mass is 10.1. The molecule has 138 valence electrons. The standard InChI is InChI=1S/C19H29N3O2S/c1-6-7-15(12-21-18(23)24-19(3,4)5)22-13(2)14-10-17-16(20-11-14)8-9-25-17/h8-11,13,15,22H,6-7,12H2,1-5H3,(H,21,23). The smallest absolute Gasteiger partial charge is 0.407 e. The van der Waals surface area contributed by atoms with Crippen molar-refractivity contribution >= 4 is 27.6 Å². The highest BCUT2D eigenvalue weighted by Crippen LogP contribution is 2.23. The van der Waals surface area contributed by atoms with E-state index in [1.54, 1.807) is 11.3 Å². The van der Waals surface area contributed by atoms with Crippen LogP contribution in [0.25, 0.3) is 10.2 Å². The second kappa shape index (κ2) is 8.63. The number of nitrogens with zero attached hydrogens (tertiary/aromatic N) is 1. The van der Waals surface area contributed by atoms with E-state index in [0.29, 0.717) is 6.54 Å². The van der Waals surface area contributed by atoms with E-state index in [-0.39, 0.29) is 18.2 Å². The first kappa shape index (κ1) is 19.7. The Kier molecular flexibility index (Phi) is 6.79. The van der Waals surface area contributed by atoms with Gasteiger partial charge in [0, 0.05) is 24.8 Å². The quantitative estimate of drug-likeness (QED) is 0.752. The van der Waals surface area contributed by atoms with Gasteiger partial charge in [0.1, 0.15) is 5.60 Å². The molecule has 25 heavy (non-hydrogen) atoms. The lowest BCUT2D eigenvalue weighted by Gasteiger charge is -2.25. The molecule has 0 radical (unpaired) electrons. The summed E-state index contributed by atoms with van der Waals surface area (Å²) in [4.78, 5) is 16.4. The van der Waals surface area contributed by atoms with Crippen molar-refractivity contribution in [2.75, 3.05) is 6.54 Å². The zero-order chi connectivity index (χ0) is 18.4. The van der Waals surface area contributed by atoms with Gasteiger partial charge in [0.25, 0.3) is 0 Å². The predicted molar refractivity (Wildman–Crippen MR) is 104 cm³/mol. The predicted octanol–water partition coefficient (Wildman–Crippen LogP) is 4.64. The van der Waals surface area contributed by atoms with Crippen LogP contribution in [0.4, 0.5) is 4.79 Å². The molecule has 2 aromatic heterocycles. The fourth-order valence-electron chi connectivity index (χ4n) is 2.66. The van der Waals surface area contributed by atoms with Crippen molar-refractivity contribution in [1.29, 1.82) is 0 Å². The van der Waals surface area contributed by atoms with Crippen LogP contribution in [-0.4, -0.2) is 29.3 Å². The number of hydrogen-bond donors (Lipinski definition) is 2. The normalized spacial score (nSPS) is 14.3. The third-order valence-electron chi connectivity index (χ3n) is 3.84. The van der Waals surface area contributed by atoms with E-state index >= 15 is 0 Å². The van der Waals surface area contributed by atoms with Crippen molar-refractivity contribution in [3.05, 3.63) is 29.3 Å². The highest BCUT2D eigenvalue weighted by molar-refractivity contribution is 7.17. The van der Waals surface area contributed by atoms with Crippen LogP contribution in [-0.2, 0) is 4.74 Å². The molecule has 0 spiro atoms. The van der Waals surface area contributed by atoms with E-state index in [1.807, 2.05) is 33.0 Å². The molecule has 0 aromatic carbocycles. The lowest BCUT2D eigenvalue weighted by Crippen LogP contribution is -2.43. The van der Waals surface area contributed by atoms with Crippen LogP contribution < -0.4 is 10.6 Å². The zero-order valence-corrected chi connectivity index (χ0v) is 16.6. The average Bonchev–Trinajstić information content (AvgIpc) is 2.98. The van der Waals surface area contributed by atoms with Gasteiger partial charge in [-0.25, -0.2) is 4.79 Å². The first-order valence-electron chi connectivity index (χ1n) is 8.84. The van der Waals surface area contributed by atoms with E-state index in [2.05, 4.69) is 40.9 Å². The fraction of sp³-hybridized carbons (Fsp3) is 0.579. The zero-order valence-electron chi connectivity index (χ0n) is 15.8. The molecule has 0 saturated heterocycles. The Morgan fingerprint density at radius 1 is 1.40 bits per heavy atom. The summed E-state index contributed by atoms with van der Waals surface area (Å²) in [5.41, 5.74) is 1.72. The van der Waals surface area contributed by atoms with Gasteiger partial charge in [-0.1, -0.05) is 13.3 Å². The highest BCUT2D eigenvalue weighted by atomic mass is 32.1. The highest BCUT2D eigenvalue weighted by Gasteiger charge is 2.18. The molecule has 0 aliphatic heterocycles. The summed E-state index contributed by atoms with van der Waals surface area (Å²) in [5, 5.41) is 8.53. The van der Waals surface area contributed by atoms with Gasteiger partial charge >= 0.3 is 6.09 Å². The molecule has 2 aromatic rings. The number of thiophene rings is 1. The minimum atomic E-state index is -0.479. The molecule has 0 aliphatic carbocycles. The Bertz CT molecular complexity index is 693. The van der Waals surface area contributed by atoms with Crippen LogP contribution in [0, 0.1) is 0 Å². The van der Waals surface area contributed by atoms with Crippen LogP contribution >= 0.6 is 11.3 Å². The molecule has 1 amide bonds. The van der Waals surface area contributed by atoms with Crippen molar-refractivity contribution in [3.8, 4) is 0 Å². The van der Waals surface area contributed by atoms with Gasteiger partial charge in [-0.2, -0.15) is 0 Å². The number of carbonyl (C=O) groups is 1. The van der Waals surface area contributed by atoms with E-state index in [9.17, 15) is 4.79 Å². The molecule has 0 saturated carbocycles. The second-order valence-electron chi connectivity index (χ2n) is 7.33. The lowest BCUT2D eigenvalue weighted by molar-refractivity contribution is 0.0521. The van der Waals surface area contributed by atoms with E-state index in [4.69, 9.17) is 4.74 Å². The molecule has 2 unspecified atom stereocenters. The summed E-state index contributed by atoms with van der Waals surface area (Å²) in [5.74, 6) is 0. The largest absolute Gasteiger partial charge is 0.444 e. The molecule has 6 heteroatoms. The maximum absolute atomic E-state index is 11.9. The number of fused-ring (bicyclic) bond motifs is 1. The van der Waals surface area contributed by atoms with Crippen molar-refractivity contribution in [2.45, 2.75) is 65.1 Å². The number of ether oxygens (including phenoxy) is 1. The van der Waals surface area contributed by atoms with Gasteiger partial charge in [-0.15, -0.1) is 11.3 Å². The van der Waals surface area contributed by atoms with Gasteiger partial charge < -0.3 is 15.4 Å². The maximum Gasteiger partial charge on any atom is 0.407 e. The molecule has 2 N–H and O–H groups in total. The molecule has 5 nitrogen and oxygen atoms in total. The van der Waals surface area contributed by atoms with E-state index in [1.165, 1.54) is 4.70 Å². The molecule has 0 bridgehead atoms. The van der Waals surface area contributed by atoms with Crippen molar-refractivity contribution in [3.63, 3.8) is 0 Å². The summed E-state index contributed by atoms with van der Waals surface area (Å²) in [6, 6.07) is 4.57. The first-order chi connectivity index (χ1) is 11.8. The van der Waals surface area contributed by atoms with Crippen molar-refractivity contribution < 1.29 is 9.53 Å². The number of nitrogens with one attached hydrogen (secondary N) is 2. The number of alkyl carbamates (subject to hydrolysis) is 1. The van der Waals surface area contributed by atoms with Gasteiger partial charge in [0.2, 0.25) is 0 Å². The van der Waals surface area contributed by atoms with Gasteiger partial charge in [0.15, 0.2) is 0 Å². The van der Waals surface area contributed by atoms with Crippen molar-refractivity contribution in [1.82, 2.24) is 15.6 Å². The SMILES string of the molecule is CCCC(CNC(=O)OC(C)(C)C)NC(C)c1cnc2ccsc2c1. The fourth-order valence-corrected chi connectivity index (χ4v) is 3.45. The number of carbonyl (C=O) groups excluding carboxylic acids is 1. The topological polar surface area (TPSA) is 63.2 Å². The molecule has 2 atom stereocenters. The molecule has 0 fully saturated rings. The Hall–Kier alpha value is -1.66. The van der Waals surface area contributed by atoms with E-state index in [0.717, 1.165) is 23.9 Å². The molecule has 2 rings (SSSR count). The summed E-state index contributed by atoms with van der Waals surface area (Å²) >= 11 is 1.70. The van der Waals surface area contributed by atoms with Crippen LogP contribution in [0.5, 0.6) is 0 Å². The number of hydrogen-bond acceptors (Lipinski definition) is 5. The summed E-state index contributed by atoms with van der Waals surface area (Å²) in [6.45, 7) is 10.4. The van der Waals surface area contributed by atoms with Gasteiger partial charge in [-0.05, 0) is 57.2 Å². The second-order valence-corrected chi connectivity index (χ2v) is 8.28. The minimum Gasteiger partial charge on any atom is -0.444 e. The summed E-state index contributed by atoms with van der Waals surface area (Å²) in [6.07, 6.45) is 3.58.